The van der Waals surface area contributed by atoms with E-state index in [0.29, 0.717) is 25.1 Å². The molecule has 3 aromatic heterocycles. The second-order valence-corrected chi connectivity index (χ2v) is 10.7. The number of carbonyl (C=O) groups excluding carboxylic acids is 2. The largest absolute Gasteiger partial charge is 0.351 e. The highest BCUT2D eigenvalue weighted by Crippen LogP contribution is 2.31. The van der Waals surface area contributed by atoms with Gasteiger partial charge in [-0.3, -0.25) is 19.0 Å². The summed E-state index contributed by atoms with van der Waals surface area (Å²) >= 11 is 0. The van der Waals surface area contributed by atoms with E-state index in [1.165, 1.54) is 13.3 Å². The van der Waals surface area contributed by atoms with Crippen LogP contribution in [0.1, 0.15) is 41.5 Å². The van der Waals surface area contributed by atoms with Gasteiger partial charge in [0.15, 0.2) is 5.69 Å². The van der Waals surface area contributed by atoms with Crippen molar-refractivity contribution < 1.29 is 18.0 Å². The van der Waals surface area contributed by atoms with Crippen LogP contribution in [0.15, 0.2) is 18.6 Å². The number of nitrogens with one attached hydrogen (secondary N) is 3. The Morgan fingerprint density at radius 1 is 1.26 bits per heavy atom. The molecule has 1 saturated carbocycles. The van der Waals surface area contributed by atoms with Crippen LogP contribution in [0.2, 0.25) is 0 Å². The summed E-state index contributed by atoms with van der Waals surface area (Å²) in [5, 5.41) is 8.34. The van der Waals surface area contributed by atoms with Crippen molar-refractivity contribution in [3.63, 3.8) is 0 Å². The van der Waals surface area contributed by atoms with Crippen molar-refractivity contribution in [2.45, 2.75) is 38.8 Å². The maximum Gasteiger partial charge on any atom is 0.272 e. The molecule has 180 valence electrons. The summed E-state index contributed by atoms with van der Waals surface area (Å²) in [7, 11) is -1.75. The second kappa shape index (κ2) is 8.38. The molecule has 12 nitrogen and oxygen atoms in total. The fourth-order valence-corrected chi connectivity index (χ4v) is 5.20. The third-order valence-electron chi connectivity index (χ3n) is 6.57. The minimum absolute atomic E-state index is 0.155. The zero-order valence-electron chi connectivity index (χ0n) is 18.9. The average molecular weight is 487 g/mol. The minimum Gasteiger partial charge on any atom is -0.351 e. The number of anilines is 1. The lowest BCUT2D eigenvalue weighted by Gasteiger charge is -2.34. The first kappa shape index (κ1) is 22.3. The number of nitrogens with zero attached hydrogens (tertiary/aromatic N) is 5. The SMILES string of the molecule is CCS(=O)(=O)NC(=O)[C@H]1C[C@H](NC(=O)c2nn(C)c3c2CN(c2ncnc4[nH]ccc24)CC3)C1. The highest BCUT2D eigenvalue weighted by molar-refractivity contribution is 7.90. The van der Waals surface area contributed by atoms with E-state index in [4.69, 9.17) is 0 Å². The van der Waals surface area contributed by atoms with Gasteiger partial charge < -0.3 is 15.2 Å². The van der Waals surface area contributed by atoms with Crippen LogP contribution in [0.5, 0.6) is 0 Å². The van der Waals surface area contributed by atoms with E-state index in [9.17, 15) is 18.0 Å². The molecule has 0 radical (unpaired) electrons. The molecule has 0 unspecified atom stereocenters. The number of fused-ring (bicyclic) bond motifs is 2. The molecule has 5 rings (SSSR count). The number of hydrogen-bond donors (Lipinski definition) is 3. The summed E-state index contributed by atoms with van der Waals surface area (Å²) in [4.78, 5) is 39.1. The van der Waals surface area contributed by atoms with E-state index in [-0.39, 0.29) is 17.7 Å². The van der Waals surface area contributed by atoms with Crippen LogP contribution in [0, 0.1) is 5.92 Å². The maximum atomic E-state index is 13.1. The Labute approximate surface area is 196 Å². The minimum atomic E-state index is -3.58. The van der Waals surface area contributed by atoms with Crippen LogP contribution >= 0.6 is 0 Å². The van der Waals surface area contributed by atoms with Crippen LogP contribution in [-0.4, -0.2) is 63.3 Å². The van der Waals surface area contributed by atoms with Gasteiger partial charge in [0.25, 0.3) is 5.91 Å². The molecule has 1 fully saturated rings. The molecule has 0 atom stereocenters. The number of aryl methyl sites for hydroxylation is 1. The smallest absolute Gasteiger partial charge is 0.272 e. The molecule has 3 aromatic rings. The number of aromatic nitrogens is 5. The average Bonchev–Trinajstić information content (AvgIpc) is 3.39. The molecule has 0 bridgehead atoms. The van der Waals surface area contributed by atoms with E-state index in [0.717, 1.165) is 41.1 Å². The molecule has 3 N–H and O–H groups in total. The molecule has 0 spiro atoms. The highest BCUT2D eigenvalue weighted by Gasteiger charge is 2.38. The van der Waals surface area contributed by atoms with Crippen LogP contribution in [-0.2, 0) is 34.8 Å². The Bertz CT molecular complexity index is 1370. The zero-order chi connectivity index (χ0) is 24.0. The van der Waals surface area contributed by atoms with Crippen molar-refractivity contribution in [2.24, 2.45) is 13.0 Å². The van der Waals surface area contributed by atoms with Crippen molar-refractivity contribution in [3.05, 3.63) is 35.5 Å². The quantitative estimate of drug-likeness (QED) is 0.447. The zero-order valence-corrected chi connectivity index (χ0v) is 19.7. The van der Waals surface area contributed by atoms with Gasteiger partial charge in [-0.2, -0.15) is 5.10 Å². The molecule has 1 aliphatic heterocycles. The Kier molecular flexibility index (Phi) is 5.50. The Hall–Kier alpha value is -3.48. The Morgan fingerprint density at radius 2 is 2.06 bits per heavy atom. The molecule has 2 aliphatic rings. The van der Waals surface area contributed by atoms with Crippen molar-refractivity contribution in [1.29, 1.82) is 0 Å². The van der Waals surface area contributed by atoms with Crippen molar-refractivity contribution in [1.82, 2.24) is 34.8 Å². The third-order valence-corrected chi connectivity index (χ3v) is 7.84. The summed E-state index contributed by atoms with van der Waals surface area (Å²) in [6.45, 7) is 2.71. The maximum absolute atomic E-state index is 13.1. The van der Waals surface area contributed by atoms with Gasteiger partial charge in [0, 0.05) is 56.0 Å². The number of amides is 2. The predicted molar refractivity (Wildman–Crippen MR) is 123 cm³/mol. The predicted octanol–water partition coefficient (Wildman–Crippen LogP) is 0.228. The summed E-state index contributed by atoms with van der Waals surface area (Å²) in [6, 6.07) is 1.73. The fraction of sp³-hybridized carbons (Fsp3) is 0.476. The number of hydrogen-bond acceptors (Lipinski definition) is 8. The molecule has 13 heteroatoms. The van der Waals surface area contributed by atoms with E-state index >= 15 is 0 Å². The van der Waals surface area contributed by atoms with E-state index in [1.807, 2.05) is 19.3 Å². The van der Waals surface area contributed by atoms with Crippen molar-refractivity contribution in [2.75, 3.05) is 17.2 Å². The van der Waals surface area contributed by atoms with E-state index in [1.54, 1.807) is 4.68 Å². The number of sulfonamides is 1. The first-order chi connectivity index (χ1) is 16.3. The molecular formula is C21H26N8O4S. The summed E-state index contributed by atoms with van der Waals surface area (Å²) in [6.07, 6.45) is 4.86. The molecule has 1 aliphatic carbocycles. The molecule has 2 amide bonds. The van der Waals surface area contributed by atoms with Gasteiger partial charge in [0.1, 0.15) is 17.8 Å². The van der Waals surface area contributed by atoms with Crippen molar-refractivity contribution in [3.8, 4) is 0 Å². The van der Waals surface area contributed by atoms with Crippen LogP contribution in [0.4, 0.5) is 5.82 Å². The topological polar surface area (TPSA) is 155 Å². The fourth-order valence-electron chi connectivity index (χ4n) is 4.58. The first-order valence-corrected chi connectivity index (χ1v) is 12.8. The lowest BCUT2D eigenvalue weighted by atomic mass is 9.80. The van der Waals surface area contributed by atoms with Gasteiger partial charge >= 0.3 is 0 Å². The van der Waals surface area contributed by atoms with Gasteiger partial charge in [0.05, 0.1) is 11.1 Å². The molecule has 0 aromatic carbocycles. The molecule has 4 heterocycles. The summed E-state index contributed by atoms with van der Waals surface area (Å²) < 4.78 is 27.0. The number of carbonyl (C=O) groups is 2. The second-order valence-electron chi connectivity index (χ2n) is 8.71. The summed E-state index contributed by atoms with van der Waals surface area (Å²) in [5.41, 5.74) is 2.99. The van der Waals surface area contributed by atoms with Gasteiger partial charge in [-0.25, -0.2) is 18.4 Å². The van der Waals surface area contributed by atoms with Gasteiger partial charge in [-0.15, -0.1) is 0 Å². The molecular weight excluding hydrogens is 460 g/mol. The van der Waals surface area contributed by atoms with Gasteiger partial charge in [-0.05, 0) is 25.8 Å². The highest BCUT2D eigenvalue weighted by atomic mass is 32.2. The number of H-pyrrole nitrogens is 1. The Morgan fingerprint density at radius 3 is 2.82 bits per heavy atom. The lowest BCUT2D eigenvalue weighted by molar-refractivity contribution is -0.126. The number of aromatic amines is 1. The van der Waals surface area contributed by atoms with Crippen LogP contribution < -0.4 is 14.9 Å². The standard InChI is InChI=1S/C21H26N8O4S/c1-3-34(32,33)27-20(30)12-8-13(9-12)25-21(31)17-15-10-29(7-5-16(15)28(2)26-17)19-14-4-6-22-18(14)23-11-24-19/h4,6,11-13H,3,5,7-10H2,1-2H3,(H,25,31)(H,27,30)(H,22,23,24)/t12-,13-. The van der Waals surface area contributed by atoms with Crippen LogP contribution in [0.3, 0.4) is 0 Å². The molecule has 0 saturated heterocycles. The Balaban J connectivity index is 1.27. The van der Waals surface area contributed by atoms with Crippen LogP contribution in [0.25, 0.3) is 11.0 Å². The lowest BCUT2D eigenvalue weighted by Crippen LogP contribution is -2.50. The molecule has 34 heavy (non-hydrogen) atoms. The third kappa shape index (κ3) is 4.00. The van der Waals surface area contributed by atoms with Gasteiger partial charge in [0.2, 0.25) is 15.9 Å². The monoisotopic (exact) mass is 486 g/mol. The van der Waals surface area contributed by atoms with E-state index in [2.05, 4.69) is 35.0 Å². The first-order valence-electron chi connectivity index (χ1n) is 11.2. The normalized spacial score (nSPS) is 20.0. The summed E-state index contributed by atoms with van der Waals surface area (Å²) in [5.74, 6) is -0.585. The van der Waals surface area contributed by atoms with Gasteiger partial charge in [-0.1, -0.05) is 0 Å². The number of rotatable bonds is 6. The van der Waals surface area contributed by atoms with E-state index < -0.39 is 21.8 Å². The van der Waals surface area contributed by atoms with Crippen molar-refractivity contribution >= 4 is 38.7 Å².